The molecule has 7 nitrogen and oxygen atoms in total. The number of benzene rings is 2. The van der Waals surface area contributed by atoms with Gasteiger partial charge in [0.05, 0.1) is 17.8 Å². The number of phenolic OH excluding ortho intramolecular Hbond substituents is 1. The van der Waals surface area contributed by atoms with Crippen LogP contribution in [0.25, 0.3) is 5.69 Å². The van der Waals surface area contributed by atoms with Crippen molar-refractivity contribution in [1.82, 2.24) is 20.4 Å². The minimum atomic E-state index is -0.317. The highest BCUT2D eigenvalue weighted by Gasteiger charge is 2.16. The van der Waals surface area contributed by atoms with E-state index in [0.717, 1.165) is 22.6 Å². The number of nitrogens with one attached hydrogen (secondary N) is 2. The molecule has 31 heavy (non-hydrogen) atoms. The van der Waals surface area contributed by atoms with Crippen molar-refractivity contribution in [1.29, 1.82) is 0 Å². The lowest BCUT2D eigenvalue weighted by Gasteiger charge is -2.08. The third-order valence-corrected chi connectivity index (χ3v) is 4.92. The Balaban J connectivity index is 1.47. The summed E-state index contributed by atoms with van der Waals surface area (Å²) >= 11 is 0. The summed E-state index contributed by atoms with van der Waals surface area (Å²) in [5.74, 6) is -0.693. The number of carbonyl (C=O) groups is 2. The van der Waals surface area contributed by atoms with Gasteiger partial charge in [-0.15, -0.1) is 0 Å². The van der Waals surface area contributed by atoms with Crippen LogP contribution < -0.4 is 10.6 Å². The van der Waals surface area contributed by atoms with Crippen LogP contribution in [0.2, 0.25) is 0 Å². The molecular formula is C23H25FN4O3. The standard InChI is InChI=1S/C23H25FN4O3/c1-15-21(16(2)28(27-15)19-9-7-18(24)8-10-19)14-22(30)25-11-4-12-26-23(31)17-5-3-6-20(29)13-17/h3,5-10,13,29H,4,11-12,14H2,1-2H3,(H,25,30)(H,26,31). The Morgan fingerprint density at radius 3 is 2.48 bits per heavy atom. The summed E-state index contributed by atoms with van der Waals surface area (Å²) in [5.41, 5.74) is 3.52. The highest BCUT2D eigenvalue weighted by Crippen LogP contribution is 2.19. The Hall–Kier alpha value is -3.68. The number of aryl methyl sites for hydroxylation is 1. The maximum Gasteiger partial charge on any atom is 0.251 e. The molecule has 3 aromatic rings. The molecule has 0 saturated heterocycles. The van der Waals surface area contributed by atoms with Gasteiger partial charge in [-0.1, -0.05) is 6.07 Å². The zero-order valence-corrected chi connectivity index (χ0v) is 17.5. The summed E-state index contributed by atoms with van der Waals surface area (Å²) in [6, 6.07) is 12.1. The van der Waals surface area contributed by atoms with Crippen molar-refractivity contribution in [3.05, 3.63) is 76.9 Å². The highest BCUT2D eigenvalue weighted by molar-refractivity contribution is 5.94. The van der Waals surface area contributed by atoms with Gasteiger partial charge in [-0.2, -0.15) is 5.10 Å². The van der Waals surface area contributed by atoms with Gasteiger partial charge in [0, 0.05) is 29.9 Å². The van der Waals surface area contributed by atoms with Crippen LogP contribution in [0.1, 0.15) is 33.7 Å². The lowest BCUT2D eigenvalue weighted by atomic mass is 10.1. The zero-order chi connectivity index (χ0) is 22.4. The average Bonchev–Trinajstić information content (AvgIpc) is 3.02. The third kappa shape index (κ3) is 5.69. The van der Waals surface area contributed by atoms with E-state index in [1.165, 1.54) is 24.3 Å². The first kappa shape index (κ1) is 22.0. The molecule has 0 aliphatic heterocycles. The molecule has 3 rings (SSSR count). The lowest BCUT2D eigenvalue weighted by Crippen LogP contribution is -2.30. The lowest BCUT2D eigenvalue weighted by molar-refractivity contribution is -0.120. The van der Waals surface area contributed by atoms with E-state index in [1.54, 1.807) is 28.9 Å². The predicted molar refractivity (Wildman–Crippen MR) is 115 cm³/mol. The van der Waals surface area contributed by atoms with E-state index in [9.17, 15) is 19.1 Å². The van der Waals surface area contributed by atoms with Crippen LogP contribution in [0.4, 0.5) is 4.39 Å². The first-order valence-corrected chi connectivity index (χ1v) is 10.00. The summed E-state index contributed by atoms with van der Waals surface area (Å²) in [7, 11) is 0. The first-order valence-electron chi connectivity index (χ1n) is 10.00. The fourth-order valence-electron chi connectivity index (χ4n) is 3.25. The molecule has 0 fully saturated rings. The van der Waals surface area contributed by atoms with E-state index in [1.807, 2.05) is 13.8 Å². The SMILES string of the molecule is Cc1nn(-c2ccc(F)cc2)c(C)c1CC(=O)NCCCNC(=O)c1cccc(O)c1. The van der Waals surface area contributed by atoms with Gasteiger partial charge in [0.1, 0.15) is 11.6 Å². The van der Waals surface area contributed by atoms with Crippen molar-refractivity contribution in [3.8, 4) is 11.4 Å². The second-order valence-corrected chi connectivity index (χ2v) is 7.22. The van der Waals surface area contributed by atoms with Crippen LogP contribution in [0.15, 0.2) is 48.5 Å². The van der Waals surface area contributed by atoms with Crippen molar-refractivity contribution in [3.63, 3.8) is 0 Å². The molecule has 8 heteroatoms. The number of aromatic nitrogens is 2. The van der Waals surface area contributed by atoms with Crippen LogP contribution in [0.5, 0.6) is 5.75 Å². The summed E-state index contributed by atoms with van der Waals surface area (Å²) in [6.07, 6.45) is 0.762. The fraction of sp³-hybridized carbons (Fsp3) is 0.261. The smallest absolute Gasteiger partial charge is 0.251 e. The Bertz CT molecular complexity index is 1080. The zero-order valence-electron chi connectivity index (χ0n) is 17.5. The van der Waals surface area contributed by atoms with E-state index >= 15 is 0 Å². The summed E-state index contributed by atoms with van der Waals surface area (Å²) in [5, 5.41) is 19.5. The number of aromatic hydroxyl groups is 1. The predicted octanol–water partition coefficient (Wildman–Crippen LogP) is 2.81. The van der Waals surface area contributed by atoms with Gasteiger partial charge in [0.25, 0.3) is 5.91 Å². The normalized spacial score (nSPS) is 10.7. The van der Waals surface area contributed by atoms with Crippen molar-refractivity contribution in [2.24, 2.45) is 0 Å². The second kappa shape index (κ2) is 9.88. The van der Waals surface area contributed by atoms with Crippen LogP contribution in [0.3, 0.4) is 0 Å². The Kier molecular flexibility index (Phi) is 7.02. The Labute approximate surface area is 179 Å². The number of carbonyl (C=O) groups excluding carboxylic acids is 2. The van der Waals surface area contributed by atoms with Gasteiger partial charge in [0.15, 0.2) is 0 Å². The molecular weight excluding hydrogens is 399 g/mol. The maximum absolute atomic E-state index is 13.2. The van der Waals surface area contributed by atoms with Crippen LogP contribution >= 0.6 is 0 Å². The summed E-state index contributed by atoms with van der Waals surface area (Å²) < 4.78 is 14.9. The van der Waals surface area contributed by atoms with Crippen molar-refractivity contribution < 1.29 is 19.1 Å². The molecule has 0 bridgehead atoms. The number of hydrogen-bond donors (Lipinski definition) is 3. The van der Waals surface area contributed by atoms with E-state index in [4.69, 9.17) is 0 Å². The molecule has 0 saturated carbocycles. The van der Waals surface area contributed by atoms with Crippen LogP contribution in [-0.4, -0.2) is 39.8 Å². The molecule has 0 unspecified atom stereocenters. The molecule has 0 radical (unpaired) electrons. The third-order valence-electron chi connectivity index (χ3n) is 4.92. The molecule has 0 aliphatic rings. The van der Waals surface area contributed by atoms with Gasteiger partial charge in [-0.05, 0) is 62.7 Å². The van der Waals surface area contributed by atoms with E-state index < -0.39 is 0 Å². The molecule has 0 aliphatic carbocycles. The van der Waals surface area contributed by atoms with Crippen molar-refractivity contribution >= 4 is 11.8 Å². The molecule has 2 aromatic carbocycles. The first-order chi connectivity index (χ1) is 14.8. The van der Waals surface area contributed by atoms with Crippen LogP contribution in [0, 0.1) is 19.7 Å². The number of amides is 2. The number of phenols is 1. The number of halogens is 1. The van der Waals surface area contributed by atoms with Gasteiger partial charge in [-0.25, -0.2) is 9.07 Å². The Morgan fingerprint density at radius 2 is 1.77 bits per heavy atom. The van der Waals surface area contributed by atoms with Gasteiger partial charge in [-0.3, -0.25) is 9.59 Å². The molecule has 0 atom stereocenters. The number of hydrogen-bond acceptors (Lipinski definition) is 4. The van der Waals surface area contributed by atoms with Crippen LogP contribution in [-0.2, 0) is 11.2 Å². The minimum Gasteiger partial charge on any atom is -0.508 e. The Morgan fingerprint density at radius 1 is 1.06 bits per heavy atom. The van der Waals surface area contributed by atoms with Gasteiger partial charge < -0.3 is 15.7 Å². The van der Waals surface area contributed by atoms with Crippen molar-refractivity contribution in [2.75, 3.05) is 13.1 Å². The van der Waals surface area contributed by atoms with E-state index in [-0.39, 0.29) is 29.8 Å². The quantitative estimate of drug-likeness (QED) is 0.485. The van der Waals surface area contributed by atoms with Gasteiger partial charge >= 0.3 is 0 Å². The fourth-order valence-corrected chi connectivity index (χ4v) is 3.25. The number of rotatable bonds is 8. The molecule has 0 spiro atoms. The largest absolute Gasteiger partial charge is 0.508 e. The molecule has 1 heterocycles. The summed E-state index contributed by atoms with van der Waals surface area (Å²) in [4.78, 5) is 24.4. The molecule has 3 N–H and O–H groups in total. The molecule has 1 aromatic heterocycles. The van der Waals surface area contributed by atoms with Gasteiger partial charge in [0.2, 0.25) is 5.91 Å². The number of nitrogens with zero attached hydrogens (tertiary/aromatic N) is 2. The van der Waals surface area contributed by atoms with Crippen molar-refractivity contribution in [2.45, 2.75) is 26.7 Å². The summed E-state index contributed by atoms with van der Waals surface area (Å²) in [6.45, 7) is 4.54. The topological polar surface area (TPSA) is 96.3 Å². The average molecular weight is 424 g/mol. The molecule has 162 valence electrons. The second-order valence-electron chi connectivity index (χ2n) is 7.22. The molecule has 2 amide bonds. The minimum absolute atomic E-state index is 0.0354. The highest BCUT2D eigenvalue weighted by atomic mass is 19.1. The van der Waals surface area contributed by atoms with E-state index in [0.29, 0.717) is 25.1 Å². The monoisotopic (exact) mass is 424 g/mol. The van der Waals surface area contributed by atoms with E-state index in [2.05, 4.69) is 15.7 Å². The maximum atomic E-state index is 13.2.